The molecule has 3 aromatic carbocycles. The average Bonchev–Trinajstić information content (AvgIpc) is 2.73. The molecule has 0 aliphatic heterocycles. The van der Waals surface area contributed by atoms with E-state index in [0.717, 1.165) is 22.6 Å². The molecule has 0 spiro atoms. The first-order chi connectivity index (χ1) is 13.6. The molecule has 3 rings (SSSR count). The van der Waals surface area contributed by atoms with Gasteiger partial charge in [-0.1, -0.05) is 29.8 Å². The lowest BCUT2D eigenvalue weighted by Crippen LogP contribution is -2.31. The number of nitrogens with zero attached hydrogens (tertiary/aromatic N) is 1. The van der Waals surface area contributed by atoms with E-state index >= 15 is 0 Å². The van der Waals surface area contributed by atoms with E-state index in [2.05, 4.69) is 6.07 Å². The summed E-state index contributed by atoms with van der Waals surface area (Å²) in [5.74, 6) is 1.95. The molecule has 0 saturated carbocycles. The fraction of sp³-hybridized carbons (Fsp3) is 0.174. The molecule has 1 amide bonds. The summed E-state index contributed by atoms with van der Waals surface area (Å²) < 4.78 is 11.0. The predicted molar refractivity (Wildman–Crippen MR) is 113 cm³/mol. The van der Waals surface area contributed by atoms with Crippen molar-refractivity contribution in [3.05, 3.63) is 83.9 Å². The van der Waals surface area contributed by atoms with Crippen molar-refractivity contribution in [1.82, 2.24) is 0 Å². The Bertz CT molecular complexity index is 923. The van der Waals surface area contributed by atoms with Gasteiger partial charge in [0.15, 0.2) is 0 Å². The van der Waals surface area contributed by atoms with Crippen molar-refractivity contribution < 1.29 is 14.3 Å². The number of aryl methyl sites for hydroxylation is 1. The molecular weight excluding hydrogens is 374 g/mol. The fourth-order valence-electron chi connectivity index (χ4n) is 2.86. The molecule has 0 unspecified atom stereocenters. The summed E-state index contributed by atoms with van der Waals surface area (Å²) in [4.78, 5) is 14.1. The van der Waals surface area contributed by atoms with Crippen molar-refractivity contribution in [2.75, 3.05) is 17.9 Å². The predicted octanol–water partition coefficient (Wildman–Crippen LogP) is 5.57. The van der Waals surface area contributed by atoms with Gasteiger partial charge in [-0.25, -0.2) is 0 Å². The highest BCUT2D eigenvalue weighted by Crippen LogP contribution is 2.27. The molecule has 0 radical (unpaired) electrons. The monoisotopic (exact) mass is 395 g/mol. The molecule has 0 aliphatic carbocycles. The third-order valence-electron chi connectivity index (χ3n) is 4.28. The number of methoxy groups -OCH3 is 1. The molecule has 28 heavy (non-hydrogen) atoms. The van der Waals surface area contributed by atoms with E-state index in [1.54, 1.807) is 12.0 Å². The van der Waals surface area contributed by atoms with Crippen LogP contribution in [0.15, 0.2) is 72.8 Å². The lowest BCUT2D eigenvalue weighted by Gasteiger charge is -2.22. The van der Waals surface area contributed by atoms with Gasteiger partial charge in [0.2, 0.25) is 5.91 Å². The van der Waals surface area contributed by atoms with Crippen LogP contribution in [0, 0.1) is 6.92 Å². The van der Waals surface area contributed by atoms with Crippen LogP contribution in [-0.4, -0.2) is 18.9 Å². The van der Waals surface area contributed by atoms with Crippen molar-refractivity contribution in [3.8, 4) is 17.2 Å². The lowest BCUT2D eigenvalue weighted by atomic mass is 10.1. The number of carbonyl (C=O) groups excluding carboxylic acids is 1. The Morgan fingerprint density at radius 3 is 2.11 bits per heavy atom. The first-order valence-corrected chi connectivity index (χ1v) is 9.46. The van der Waals surface area contributed by atoms with Crippen LogP contribution in [0.25, 0.3) is 0 Å². The number of rotatable bonds is 7. The molecule has 144 valence electrons. The molecule has 0 aliphatic rings. The Balaban J connectivity index is 1.76. The standard InChI is InChI=1S/C23H22ClNO3/c1-17-4-3-5-18(14-17)16-25(23(26)15-24)19-6-8-21(9-7-19)28-22-12-10-20(27-2)11-13-22/h3-14H,15-16H2,1-2H3. The molecule has 0 atom stereocenters. The highest BCUT2D eigenvalue weighted by atomic mass is 35.5. The van der Waals surface area contributed by atoms with Crippen molar-refractivity contribution in [1.29, 1.82) is 0 Å². The Kier molecular flexibility index (Phi) is 6.56. The van der Waals surface area contributed by atoms with Crippen LogP contribution < -0.4 is 14.4 Å². The number of ether oxygens (including phenoxy) is 2. The fourth-order valence-corrected chi connectivity index (χ4v) is 3.01. The van der Waals surface area contributed by atoms with Gasteiger partial charge in [-0.3, -0.25) is 4.79 Å². The molecule has 0 saturated heterocycles. The number of halogens is 1. The van der Waals surface area contributed by atoms with Crippen LogP contribution in [0.2, 0.25) is 0 Å². The number of carbonyl (C=O) groups is 1. The molecule has 0 fully saturated rings. The summed E-state index contributed by atoms with van der Waals surface area (Å²) in [6.07, 6.45) is 0. The van der Waals surface area contributed by atoms with Gasteiger partial charge in [0.1, 0.15) is 23.1 Å². The summed E-state index contributed by atoms with van der Waals surface area (Å²) in [7, 11) is 1.62. The third kappa shape index (κ3) is 5.05. The van der Waals surface area contributed by atoms with Crippen LogP contribution in [0.4, 0.5) is 5.69 Å². The smallest absolute Gasteiger partial charge is 0.242 e. The Morgan fingerprint density at radius 2 is 1.54 bits per heavy atom. The van der Waals surface area contributed by atoms with E-state index in [4.69, 9.17) is 21.1 Å². The first-order valence-electron chi connectivity index (χ1n) is 8.93. The molecule has 4 nitrogen and oxygen atoms in total. The van der Waals surface area contributed by atoms with Gasteiger partial charge in [-0.15, -0.1) is 11.6 Å². The van der Waals surface area contributed by atoms with Gasteiger partial charge in [0.25, 0.3) is 0 Å². The van der Waals surface area contributed by atoms with Crippen LogP contribution in [0.1, 0.15) is 11.1 Å². The molecule has 0 heterocycles. The van der Waals surface area contributed by atoms with Crippen LogP contribution in [-0.2, 0) is 11.3 Å². The number of benzene rings is 3. The van der Waals surface area contributed by atoms with E-state index in [1.165, 1.54) is 0 Å². The summed E-state index contributed by atoms with van der Waals surface area (Å²) in [5.41, 5.74) is 2.98. The largest absolute Gasteiger partial charge is 0.497 e. The Labute approximate surface area is 170 Å². The zero-order valence-electron chi connectivity index (χ0n) is 15.9. The zero-order valence-corrected chi connectivity index (χ0v) is 16.6. The zero-order chi connectivity index (χ0) is 19.9. The molecule has 0 N–H and O–H groups in total. The molecule has 5 heteroatoms. The SMILES string of the molecule is COc1ccc(Oc2ccc(N(Cc3cccc(C)c3)C(=O)CCl)cc2)cc1. The highest BCUT2D eigenvalue weighted by molar-refractivity contribution is 6.29. The maximum atomic E-state index is 12.4. The molecule has 0 aromatic heterocycles. The number of alkyl halides is 1. The lowest BCUT2D eigenvalue weighted by molar-refractivity contribution is -0.116. The van der Waals surface area contributed by atoms with Crippen LogP contribution in [0.5, 0.6) is 17.2 Å². The van der Waals surface area contributed by atoms with Gasteiger partial charge in [0, 0.05) is 5.69 Å². The number of amides is 1. The highest BCUT2D eigenvalue weighted by Gasteiger charge is 2.15. The molecule has 3 aromatic rings. The van der Waals surface area contributed by atoms with Gasteiger partial charge in [0.05, 0.1) is 13.7 Å². The number of hydrogen-bond donors (Lipinski definition) is 0. The molecular formula is C23H22ClNO3. The van der Waals surface area contributed by atoms with Crippen molar-refractivity contribution in [2.45, 2.75) is 13.5 Å². The topological polar surface area (TPSA) is 38.8 Å². The Morgan fingerprint density at radius 1 is 0.929 bits per heavy atom. The second-order valence-electron chi connectivity index (χ2n) is 6.37. The minimum atomic E-state index is -0.146. The minimum absolute atomic E-state index is 0.0735. The maximum Gasteiger partial charge on any atom is 0.242 e. The molecule has 0 bridgehead atoms. The van der Waals surface area contributed by atoms with Crippen LogP contribution in [0.3, 0.4) is 0 Å². The van der Waals surface area contributed by atoms with E-state index in [0.29, 0.717) is 18.0 Å². The van der Waals surface area contributed by atoms with Crippen molar-refractivity contribution in [2.24, 2.45) is 0 Å². The summed E-state index contributed by atoms with van der Waals surface area (Å²) in [6.45, 7) is 2.49. The van der Waals surface area contributed by atoms with Gasteiger partial charge in [-0.05, 0) is 61.0 Å². The van der Waals surface area contributed by atoms with Gasteiger partial charge in [-0.2, -0.15) is 0 Å². The summed E-state index contributed by atoms with van der Waals surface area (Å²) >= 11 is 5.83. The van der Waals surface area contributed by atoms with E-state index in [-0.39, 0.29) is 11.8 Å². The average molecular weight is 396 g/mol. The van der Waals surface area contributed by atoms with Crippen LogP contribution >= 0.6 is 11.6 Å². The normalized spacial score (nSPS) is 10.4. The van der Waals surface area contributed by atoms with Gasteiger partial charge < -0.3 is 14.4 Å². The number of anilines is 1. The summed E-state index contributed by atoms with van der Waals surface area (Å²) in [5, 5.41) is 0. The number of hydrogen-bond acceptors (Lipinski definition) is 3. The quantitative estimate of drug-likeness (QED) is 0.491. The Hall–Kier alpha value is -2.98. The van der Waals surface area contributed by atoms with Crippen molar-refractivity contribution in [3.63, 3.8) is 0 Å². The second-order valence-corrected chi connectivity index (χ2v) is 6.64. The second kappa shape index (κ2) is 9.29. The van der Waals surface area contributed by atoms with Gasteiger partial charge >= 0.3 is 0 Å². The van der Waals surface area contributed by atoms with E-state index in [1.807, 2.05) is 73.7 Å². The maximum absolute atomic E-state index is 12.4. The third-order valence-corrected chi connectivity index (χ3v) is 4.51. The van der Waals surface area contributed by atoms with E-state index < -0.39 is 0 Å². The van der Waals surface area contributed by atoms with E-state index in [9.17, 15) is 4.79 Å². The first kappa shape index (κ1) is 19.8. The van der Waals surface area contributed by atoms with Crippen molar-refractivity contribution >= 4 is 23.2 Å². The minimum Gasteiger partial charge on any atom is -0.497 e. The summed E-state index contributed by atoms with van der Waals surface area (Å²) in [6, 6.07) is 22.8.